The molecule has 0 aliphatic carbocycles. The Kier molecular flexibility index (Phi) is 9.95. The summed E-state index contributed by atoms with van der Waals surface area (Å²) < 4.78 is 39.4. The van der Waals surface area contributed by atoms with E-state index in [1.165, 1.54) is 0 Å². The van der Waals surface area contributed by atoms with Gasteiger partial charge in [-0.05, 0) is 28.3 Å². The standard InChI is InChI=1S/C37H38O6/c1-5-14-29(15-6-1)24-38-28-33-34(39-25-30-16-7-2-8-17-30)35(40-26-31-18-9-3-10-19-31)36(37(43-33)22-13-23-42-37)41-27-32-20-11-4-12-21-32/h1-21,23,33-36H,22,24-28H2/t33-,34-,35+,36+,37+/m1/s1. The summed E-state index contributed by atoms with van der Waals surface area (Å²) in [5.41, 5.74) is 4.28. The van der Waals surface area contributed by atoms with Gasteiger partial charge >= 0.3 is 0 Å². The van der Waals surface area contributed by atoms with Gasteiger partial charge in [0.05, 0.1) is 39.3 Å². The molecule has 0 N–H and O–H groups in total. The molecule has 4 aromatic carbocycles. The number of rotatable bonds is 13. The molecule has 222 valence electrons. The van der Waals surface area contributed by atoms with Gasteiger partial charge in [-0.1, -0.05) is 121 Å². The highest BCUT2D eigenvalue weighted by atomic mass is 16.7. The van der Waals surface area contributed by atoms with Gasteiger partial charge in [0.2, 0.25) is 5.79 Å². The van der Waals surface area contributed by atoms with Gasteiger partial charge in [-0.15, -0.1) is 0 Å². The zero-order valence-corrected chi connectivity index (χ0v) is 24.2. The first-order chi connectivity index (χ1) is 21.3. The molecule has 2 aliphatic rings. The second kappa shape index (κ2) is 14.6. The first-order valence-electron chi connectivity index (χ1n) is 14.9. The predicted molar refractivity (Wildman–Crippen MR) is 164 cm³/mol. The van der Waals surface area contributed by atoms with E-state index in [1.54, 1.807) is 6.26 Å². The molecule has 0 radical (unpaired) electrons. The molecule has 6 nitrogen and oxygen atoms in total. The van der Waals surface area contributed by atoms with E-state index in [0.29, 0.717) is 39.5 Å². The van der Waals surface area contributed by atoms with Gasteiger partial charge in [-0.2, -0.15) is 0 Å². The summed E-state index contributed by atoms with van der Waals surface area (Å²) in [5.74, 6) is -1.07. The average molecular weight is 579 g/mol. The van der Waals surface area contributed by atoms with Crippen LogP contribution in [0.5, 0.6) is 0 Å². The summed E-state index contributed by atoms with van der Waals surface area (Å²) in [6.07, 6.45) is 2.16. The second-order valence-electron chi connectivity index (χ2n) is 10.9. The van der Waals surface area contributed by atoms with Crippen LogP contribution >= 0.6 is 0 Å². The fraction of sp³-hybridized carbons (Fsp3) is 0.297. The maximum absolute atomic E-state index is 6.82. The van der Waals surface area contributed by atoms with Crippen LogP contribution in [0.3, 0.4) is 0 Å². The lowest BCUT2D eigenvalue weighted by atomic mass is 9.90. The van der Waals surface area contributed by atoms with Crippen LogP contribution in [0.15, 0.2) is 134 Å². The third-order valence-corrected chi connectivity index (χ3v) is 7.78. The Bertz CT molecular complexity index is 1390. The highest BCUT2D eigenvalue weighted by Crippen LogP contribution is 2.42. The van der Waals surface area contributed by atoms with Crippen LogP contribution in [-0.2, 0) is 54.8 Å². The van der Waals surface area contributed by atoms with E-state index in [2.05, 4.69) is 36.4 Å². The van der Waals surface area contributed by atoms with Crippen LogP contribution < -0.4 is 0 Å². The highest BCUT2D eigenvalue weighted by molar-refractivity contribution is 5.17. The Morgan fingerprint density at radius 1 is 0.558 bits per heavy atom. The van der Waals surface area contributed by atoms with E-state index in [9.17, 15) is 0 Å². The molecule has 0 saturated carbocycles. The molecule has 0 amide bonds. The van der Waals surface area contributed by atoms with Gasteiger partial charge < -0.3 is 28.4 Å². The Hall–Kier alpha value is -3.78. The number of hydrogen-bond donors (Lipinski definition) is 0. The van der Waals surface area contributed by atoms with Crippen molar-refractivity contribution < 1.29 is 28.4 Å². The van der Waals surface area contributed by atoms with Crippen molar-refractivity contribution in [2.45, 2.75) is 63.1 Å². The predicted octanol–water partition coefficient (Wildman–Crippen LogP) is 6.99. The molecule has 43 heavy (non-hydrogen) atoms. The maximum Gasteiger partial charge on any atom is 0.242 e. The second-order valence-corrected chi connectivity index (χ2v) is 10.9. The molecule has 6 rings (SSSR count). The molecule has 4 aromatic rings. The van der Waals surface area contributed by atoms with Crippen LogP contribution in [0.2, 0.25) is 0 Å². The van der Waals surface area contributed by atoms with Crippen molar-refractivity contribution in [3.63, 3.8) is 0 Å². The third-order valence-electron chi connectivity index (χ3n) is 7.78. The fourth-order valence-electron chi connectivity index (χ4n) is 5.60. The van der Waals surface area contributed by atoms with E-state index >= 15 is 0 Å². The van der Waals surface area contributed by atoms with Crippen LogP contribution in [0.4, 0.5) is 0 Å². The van der Waals surface area contributed by atoms with Crippen molar-refractivity contribution in [2.75, 3.05) is 6.61 Å². The number of benzene rings is 4. The van der Waals surface area contributed by atoms with Crippen molar-refractivity contribution in [3.05, 3.63) is 156 Å². The van der Waals surface area contributed by atoms with E-state index in [0.717, 1.165) is 22.3 Å². The van der Waals surface area contributed by atoms with Gasteiger partial charge in [-0.25, -0.2) is 0 Å². The first-order valence-corrected chi connectivity index (χ1v) is 14.9. The summed E-state index contributed by atoms with van der Waals surface area (Å²) in [6, 6.07) is 40.5. The minimum Gasteiger partial charge on any atom is -0.467 e. The molecule has 0 unspecified atom stereocenters. The smallest absolute Gasteiger partial charge is 0.242 e. The molecule has 1 spiro atoms. The summed E-state index contributed by atoms with van der Waals surface area (Å²) in [7, 11) is 0. The molecular weight excluding hydrogens is 540 g/mol. The summed E-state index contributed by atoms with van der Waals surface area (Å²) in [5, 5.41) is 0. The summed E-state index contributed by atoms with van der Waals surface area (Å²) >= 11 is 0. The molecule has 2 heterocycles. The van der Waals surface area contributed by atoms with Crippen molar-refractivity contribution in [2.24, 2.45) is 0 Å². The Morgan fingerprint density at radius 2 is 1.02 bits per heavy atom. The van der Waals surface area contributed by atoms with Crippen molar-refractivity contribution in [1.29, 1.82) is 0 Å². The Labute approximate surface area is 253 Å². The lowest BCUT2D eigenvalue weighted by molar-refractivity contribution is -0.365. The molecule has 1 saturated heterocycles. The maximum atomic E-state index is 6.82. The van der Waals surface area contributed by atoms with Crippen LogP contribution in [0, 0.1) is 0 Å². The summed E-state index contributed by atoms with van der Waals surface area (Å²) in [4.78, 5) is 0. The molecule has 6 heteroatoms. The van der Waals surface area contributed by atoms with E-state index < -0.39 is 30.2 Å². The van der Waals surface area contributed by atoms with E-state index in [4.69, 9.17) is 28.4 Å². The molecule has 0 aromatic heterocycles. The average Bonchev–Trinajstić information content (AvgIpc) is 3.53. The minimum atomic E-state index is -1.07. The number of ether oxygens (including phenoxy) is 6. The first kappa shape index (κ1) is 29.3. The van der Waals surface area contributed by atoms with Gasteiger partial charge in [-0.3, -0.25) is 0 Å². The van der Waals surface area contributed by atoms with Gasteiger partial charge in [0.25, 0.3) is 0 Å². The lowest BCUT2D eigenvalue weighted by Crippen LogP contribution is -2.67. The normalized spacial score (nSPS) is 24.7. The Balaban J connectivity index is 1.29. The largest absolute Gasteiger partial charge is 0.467 e. The fourth-order valence-corrected chi connectivity index (χ4v) is 5.60. The van der Waals surface area contributed by atoms with Gasteiger partial charge in [0.15, 0.2) is 6.10 Å². The molecule has 1 fully saturated rings. The molecule has 0 bridgehead atoms. The molecule has 2 aliphatic heterocycles. The van der Waals surface area contributed by atoms with Crippen LogP contribution in [0.1, 0.15) is 28.7 Å². The zero-order chi connectivity index (χ0) is 29.2. The van der Waals surface area contributed by atoms with Gasteiger partial charge in [0.1, 0.15) is 18.3 Å². The Morgan fingerprint density at radius 3 is 1.51 bits per heavy atom. The lowest BCUT2D eigenvalue weighted by Gasteiger charge is -2.50. The number of hydrogen-bond acceptors (Lipinski definition) is 6. The highest BCUT2D eigenvalue weighted by Gasteiger charge is 2.59. The quantitative estimate of drug-likeness (QED) is 0.171. The molecule has 5 atom stereocenters. The van der Waals surface area contributed by atoms with Gasteiger partial charge in [0, 0.05) is 6.42 Å². The van der Waals surface area contributed by atoms with E-state index in [-0.39, 0.29) is 0 Å². The van der Waals surface area contributed by atoms with E-state index in [1.807, 2.05) is 91.0 Å². The summed E-state index contributed by atoms with van der Waals surface area (Å²) in [6.45, 7) is 1.93. The third kappa shape index (κ3) is 7.60. The topological polar surface area (TPSA) is 55.4 Å². The molecular formula is C37H38O6. The SMILES string of the molecule is C1=CO[C@@]2(C1)O[C@H](COCc1ccccc1)[C@@H](OCc1ccccc1)[C@H](OCc1ccccc1)[C@@H]2OCc1ccccc1. The van der Waals surface area contributed by atoms with Crippen molar-refractivity contribution >= 4 is 0 Å². The van der Waals surface area contributed by atoms with Crippen molar-refractivity contribution in [1.82, 2.24) is 0 Å². The van der Waals surface area contributed by atoms with Crippen molar-refractivity contribution in [3.8, 4) is 0 Å². The zero-order valence-electron chi connectivity index (χ0n) is 24.2. The minimum absolute atomic E-state index is 0.302. The van der Waals surface area contributed by atoms with Crippen LogP contribution in [0.25, 0.3) is 0 Å². The monoisotopic (exact) mass is 578 g/mol. The van der Waals surface area contributed by atoms with Crippen LogP contribution in [-0.4, -0.2) is 36.8 Å².